The van der Waals surface area contributed by atoms with Gasteiger partial charge in [-0.1, -0.05) is 0 Å². The zero-order valence-corrected chi connectivity index (χ0v) is 4.97. The van der Waals surface area contributed by atoms with E-state index in [1.807, 2.05) is 0 Å². The number of phosphoric acid groups is 1. The lowest BCUT2D eigenvalue weighted by Gasteiger charge is -2.36. The number of quaternary nitrogens is 2. The summed E-state index contributed by atoms with van der Waals surface area (Å²) in [5.41, 5.74) is 0. The molecule has 0 bridgehead atoms. The highest BCUT2D eigenvalue weighted by Crippen LogP contribution is 2.03. The third kappa shape index (κ3) is 109000. The molecule has 8 N–H and O–H groups in total. The summed E-state index contributed by atoms with van der Waals surface area (Å²) < 4.78 is 8.55. The maximum absolute atomic E-state index is 8.55. The molecule has 6 nitrogen and oxygen atoms in total. The van der Waals surface area contributed by atoms with E-state index in [-0.39, 0.29) is 12.3 Å². The molecule has 0 heterocycles. The lowest BCUT2D eigenvalue weighted by atomic mass is 14.0. The van der Waals surface area contributed by atoms with Crippen LogP contribution in [0.4, 0.5) is 0 Å². The standard InChI is InChI=1S/2H3N.H3O4P/c;;1-5(2,3)4/h2*1H3;(H3,1,2,3,4)/p-1. The van der Waals surface area contributed by atoms with Crippen LogP contribution in [0.3, 0.4) is 0 Å². The quantitative estimate of drug-likeness (QED) is 0.361. The van der Waals surface area contributed by atoms with Gasteiger partial charge >= 0.3 is 0 Å². The van der Waals surface area contributed by atoms with Gasteiger partial charge in [-0.25, -0.2) is 0 Å². The number of hydrogen-bond acceptors (Lipinski definition) is 4. The highest BCUT2D eigenvalue weighted by molar-refractivity contribution is 7.40. The number of rotatable bonds is 0. The molecule has 7 heteroatoms. The molecule has 0 aliphatic carbocycles. The zero-order valence-electron chi connectivity index (χ0n) is 4.08. The molecular weight excluding hydrogens is 123 g/mol. The van der Waals surface area contributed by atoms with Crippen molar-refractivity contribution in [3.05, 3.63) is 0 Å². The monoisotopic (exact) mass is 131 g/mol. The first-order chi connectivity index (χ1) is 2.00. The highest BCUT2D eigenvalue weighted by atomic mass is 31.2. The van der Waals surface area contributed by atoms with E-state index >= 15 is 0 Å². The number of hydrogen-bond donors (Lipinski definition) is 2. The van der Waals surface area contributed by atoms with Gasteiger partial charge in [-0.05, 0) is 0 Å². The largest absolute Gasteiger partial charge is 0.822 e. The van der Waals surface area contributed by atoms with E-state index in [0.29, 0.717) is 0 Å². The maximum Gasteiger partial charge on any atom is -0.159 e. The summed E-state index contributed by atoms with van der Waals surface area (Å²) in [4.78, 5) is 25.6. The molecule has 0 fully saturated rings. The summed E-state index contributed by atoms with van der Waals surface area (Å²) in [6.45, 7) is 0. The van der Waals surface area contributed by atoms with E-state index < -0.39 is 7.82 Å². The molecule has 0 aromatic heterocycles. The smallest absolute Gasteiger partial charge is 0.159 e. The van der Waals surface area contributed by atoms with Gasteiger partial charge in [0, 0.05) is 0 Å². The fourth-order valence-corrected chi connectivity index (χ4v) is 0. The highest BCUT2D eigenvalue weighted by Gasteiger charge is 1.44. The Bertz CT molecular complexity index is 55.8. The van der Waals surface area contributed by atoms with Crippen LogP contribution in [0.5, 0.6) is 0 Å². The molecule has 0 unspecified atom stereocenters. The lowest BCUT2D eigenvalue weighted by Crippen LogP contribution is -2.24. The van der Waals surface area contributed by atoms with Crippen molar-refractivity contribution in [1.82, 2.24) is 12.3 Å². The molecule has 0 aliphatic heterocycles. The molecule has 0 aromatic rings. The molecule has 0 aromatic carbocycles. The van der Waals surface area contributed by atoms with Gasteiger partial charge in [-0.2, -0.15) is 7.82 Å². The Morgan fingerprint density at radius 2 is 1.00 bits per heavy atom. The summed E-state index contributed by atoms with van der Waals surface area (Å²) in [7, 11) is -5.39. The molecular formula is H8N2O4P-. The molecule has 48 valence electrons. The van der Waals surface area contributed by atoms with Gasteiger partial charge in [0.2, 0.25) is 0 Å². The first kappa shape index (κ1) is 15.7. The van der Waals surface area contributed by atoms with Gasteiger partial charge in [0.1, 0.15) is 0 Å². The molecule has 0 rings (SSSR count). The van der Waals surface area contributed by atoms with Crippen LogP contribution in [-0.2, 0) is 4.57 Å². The van der Waals surface area contributed by atoms with Gasteiger partial charge in [-0.3, -0.25) is 0 Å². The average Bonchev–Trinajstić information content (AvgIpc) is 0.722. The van der Waals surface area contributed by atoms with E-state index in [4.69, 9.17) is 19.2 Å². The van der Waals surface area contributed by atoms with Crippen LogP contribution in [0.25, 0.3) is 0 Å². The van der Waals surface area contributed by atoms with Crippen LogP contribution in [0.15, 0.2) is 0 Å². The van der Waals surface area contributed by atoms with Crippen molar-refractivity contribution in [3.63, 3.8) is 0 Å². The van der Waals surface area contributed by atoms with Crippen LogP contribution >= 0.6 is 7.82 Å². The second-order valence-electron chi connectivity index (χ2n) is 0.447. The van der Waals surface area contributed by atoms with Gasteiger partial charge < -0.3 is 31.5 Å². The molecule has 0 saturated heterocycles. The third-order valence-corrected chi connectivity index (χ3v) is 0. The molecule has 7 heavy (non-hydrogen) atoms. The minimum atomic E-state index is -5.39. The topological polar surface area (TPSA) is 159 Å². The SMILES string of the molecule is O=P([O-])([O-])[O-].[NH4+].[NH4+]. The molecule has 0 amide bonds. The first-order valence-corrected chi connectivity index (χ1v) is 2.19. The predicted octanol–water partition coefficient (Wildman–Crippen LogP) is -2.07. The van der Waals surface area contributed by atoms with Crippen molar-refractivity contribution < 1.29 is 19.2 Å². The fourth-order valence-electron chi connectivity index (χ4n) is 0. The van der Waals surface area contributed by atoms with Crippen molar-refractivity contribution >= 4 is 7.82 Å². The first-order valence-electron chi connectivity index (χ1n) is 0.730. The second-order valence-corrected chi connectivity index (χ2v) is 1.34. The summed E-state index contributed by atoms with van der Waals surface area (Å²) in [5.74, 6) is 0. The summed E-state index contributed by atoms with van der Waals surface area (Å²) in [5, 5.41) is 0. The molecule has 0 spiro atoms. The van der Waals surface area contributed by atoms with Crippen molar-refractivity contribution in [2.24, 2.45) is 0 Å². The minimum Gasteiger partial charge on any atom is -0.822 e. The van der Waals surface area contributed by atoms with Crippen molar-refractivity contribution in [2.45, 2.75) is 0 Å². The van der Waals surface area contributed by atoms with Crippen LogP contribution < -0.4 is 27.0 Å². The maximum atomic E-state index is 8.55. The van der Waals surface area contributed by atoms with E-state index in [2.05, 4.69) is 0 Å². The van der Waals surface area contributed by atoms with Crippen molar-refractivity contribution in [3.8, 4) is 0 Å². The van der Waals surface area contributed by atoms with Crippen molar-refractivity contribution in [2.75, 3.05) is 0 Å². The van der Waals surface area contributed by atoms with Gasteiger partial charge in [0.15, 0.2) is 0 Å². The molecule has 0 aliphatic rings. The Hall–Kier alpha value is 0.0300. The van der Waals surface area contributed by atoms with Crippen LogP contribution in [0.2, 0.25) is 0 Å². The Balaban J connectivity index is -0.0000000800. The molecule has 0 radical (unpaired) electrons. The van der Waals surface area contributed by atoms with Crippen LogP contribution in [0.1, 0.15) is 0 Å². The average molecular weight is 131 g/mol. The van der Waals surface area contributed by atoms with E-state index in [1.54, 1.807) is 0 Å². The normalized spacial score (nSPS) is 8.43. The van der Waals surface area contributed by atoms with Crippen molar-refractivity contribution in [1.29, 1.82) is 0 Å². The molecule has 0 saturated carbocycles. The van der Waals surface area contributed by atoms with E-state index in [0.717, 1.165) is 0 Å². The minimum absolute atomic E-state index is 0. The Morgan fingerprint density at radius 1 is 1.00 bits per heavy atom. The lowest BCUT2D eigenvalue weighted by molar-refractivity contribution is -0.432. The summed E-state index contributed by atoms with van der Waals surface area (Å²) in [6, 6.07) is 0. The van der Waals surface area contributed by atoms with Gasteiger partial charge in [0.25, 0.3) is 0 Å². The predicted molar refractivity (Wildman–Crippen MR) is 19.6 cm³/mol. The van der Waals surface area contributed by atoms with Crippen LogP contribution in [0, 0.1) is 0 Å². The van der Waals surface area contributed by atoms with E-state index in [1.165, 1.54) is 0 Å². The fraction of sp³-hybridized carbons (Fsp3) is 0. The van der Waals surface area contributed by atoms with Crippen LogP contribution in [-0.4, -0.2) is 0 Å². The molecule has 0 atom stereocenters. The van der Waals surface area contributed by atoms with Gasteiger partial charge in [-0.15, -0.1) is 0 Å². The Labute approximate surface area is 40.6 Å². The van der Waals surface area contributed by atoms with E-state index in [9.17, 15) is 0 Å². The zero-order chi connectivity index (χ0) is 4.50. The van der Waals surface area contributed by atoms with Gasteiger partial charge in [0.05, 0.1) is 0 Å². The summed E-state index contributed by atoms with van der Waals surface area (Å²) >= 11 is 0. The second kappa shape index (κ2) is 4.20. The Kier molecular flexibility index (Phi) is 9.43. The third-order valence-electron chi connectivity index (χ3n) is 0. The summed E-state index contributed by atoms with van der Waals surface area (Å²) in [6.07, 6.45) is 0. The Morgan fingerprint density at radius 3 is 1.00 bits per heavy atom.